The Hall–Kier alpha value is -1.31. The number of anilines is 1. The highest BCUT2D eigenvalue weighted by Gasteiger charge is 2.13. The van der Waals surface area contributed by atoms with E-state index in [1.807, 2.05) is 13.2 Å². The summed E-state index contributed by atoms with van der Waals surface area (Å²) in [4.78, 5) is 11.3. The van der Waals surface area contributed by atoms with Gasteiger partial charge in [-0.3, -0.25) is 4.99 Å². The standard InChI is InChI=1S/C19H29N5.HI/c1-20-19(23-17-8-4-5-9-17)22-15-16-10-11-21-18(14-16)24-12-6-2-3-7-13-24;/h4-5,10-11,14,17H,2-3,6-9,12-13,15H2,1H3,(H2,20,22,23);1H. The zero-order valence-corrected chi connectivity index (χ0v) is 17.4. The minimum absolute atomic E-state index is 0. The van der Waals surface area contributed by atoms with Gasteiger partial charge in [0.25, 0.3) is 0 Å². The third-order valence-corrected chi connectivity index (χ3v) is 4.77. The summed E-state index contributed by atoms with van der Waals surface area (Å²) in [5.41, 5.74) is 1.25. The van der Waals surface area contributed by atoms with Crippen molar-refractivity contribution in [2.24, 2.45) is 4.99 Å². The molecule has 0 radical (unpaired) electrons. The van der Waals surface area contributed by atoms with E-state index in [0.29, 0.717) is 6.04 Å². The van der Waals surface area contributed by atoms with Gasteiger partial charge in [-0.15, -0.1) is 24.0 Å². The van der Waals surface area contributed by atoms with E-state index >= 15 is 0 Å². The van der Waals surface area contributed by atoms with Gasteiger partial charge in [0.15, 0.2) is 5.96 Å². The summed E-state index contributed by atoms with van der Waals surface area (Å²) < 4.78 is 0. The van der Waals surface area contributed by atoms with E-state index in [1.54, 1.807) is 0 Å². The third-order valence-electron chi connectivity index (χ3n) is 4.77. The number of pyridine rings is 1. The highest BCUT2D eigenvalue weighted by atomic mass is 127. The molecule has 25 heavy (non-hydrogen) atoms. The van der Waals surface area contributed by atoms with Crippen molar-refractivity contribution in [1.82, 2.24) is 15.6 Å². The average molecular weight is 455 g/mol. The lowest BCUT2D eigenvalue weighted by atomic mass is 10.2. The molecule has 5 nitrogen and oxygen atoms in total. The fourth-order valence-electron chi connectivity index (χ4n) is 3.35. The molecule has 1 saturated heterocycles. The van der Waals surface area contributed by atoms with E-state index in [-0.39, 0.29) is 24.0 Å². The lowest BCUT2D eigenvalue weighted by Crippen LogP contribution is -2.42. The van der Waals surface area contributed by atoms with Gasteiger partial charge in [-0.25, -0.2) is 4.98 Å². The highest BCUT2D eigenvalue weighted by Crippen LogP contribution is 2.18. The Balaban J connectivity index is 0.00000225. The molecule has 1 aromatic rings. The minimum Gasteiger partial charge on any atom is -0.357 e. The molecule has 2 heterocycles. The third kappa shape index (κ3) is 6.17. The summed E-state index contributed by atoms with van der Waals surface area (Å²) in [5, 5.41) is 6.89. The van der Waals surface area contributed by atoms with Crippen LogP contribution >= 0.6 is 24.0 Å². The molecular formula is C19H30IN5. The van der Waals surface area contributed by atoms with Crippen LogP contribution in [0.5, 0.6) is 0 Å². The summed E-state index contributed by atoms with van der Waals surface area (Å²) in [6.07, 6.45) is 13.8. The Morgan fingerprint density at radius 3 is 2.60 bits per heavy atom. The summed E-state index contributed by atoms with van der Waals surface area (Å²) >= 11 is 0. The smallest absolute Gasteiger partial charge is 0.191 e. The van der Waals surface area contributed by atoms with E-state index in [1.165, 1.54) is 31.2 Å². The molecule has 0 unspecified atom stereocenters. The Kier molecular flexibility index (Phi) is 8.51. The number of hydrogen-bond acceptors (Lipinski definition) is 3. The predicted molar refractivity (Wildman–Crippen MR) is 116 cm³/mol. The molecule has 1 aliphatic heterocycles. The van der Waals surface area contributed by atoms with Crippen molar-refractivity contribution in [3.8, 4) is 0 Å². The second-order valence-electron chi connectivity index (χ2n) is 6.63. The Labute approximate surface area is 168 Å². The van der Waals surface area contributed by atoms with Gasteiger partial charge in [0, 0.05) is 38.9 Å². The van der Waals surface area contributed by atoms with Crippen LogP contribution < -0.4 is 15.5 Å². The van der Waals surface area contributed by atoms with Crippen molar-refractivity contribution in [2.75, 3.05) is 25.0 Å². The van der Waals surface area contributed by atoms with E-state index in [2.05, 4.69) is 49.8 Å². The molecule has 1 aliphatic carbocycles. The van der Waals surface area contributed by atoms with Crippen LogP contribution in [0.15, 0.2) is 35.5 Å². The Morgan fingerprint density at radius 2 is 1.92 bits per heavy atom. The normalized spacial score (nSPS) is 18.6. The molecule has 2 aliphatic rings. The molecule has 2 N–H and O–H groups in total. The first-order valence-electron chi connectivity index (χ1n) is 9.17. The summed E-state index contributed by atoms with van der Waals surface area (Å²) in [6.45, 7) is 3.02. The highest BCUT2D eigenvalue weighted by molar-refractivity contribution is 14.0. The summed E-state index contributed by atoms with van der Waals surface area (Å²) in [5.74, 6) is 1.98. The van der Waals surface area contributed by atoms with Gasteiger partial charge in [0.2, 0.25) is 0 Å². The number of rotatable bonds is 4. The van der Waals surface area contributed by atoms with Gasteiger partial charge in [-0.1, -0.05) is 25.0 Å². The maximum Gasteiger partial charge on any atom is 0.191 e. The number of nitrogens with zero attached hydrogens (tertiary/aromatic N) is 3. The molecule has 0 amide bonds. The number of hydrogen-bond donors (Lipinski definition) is 2. The Morgan fingerprint density at radius 1 is 1.20 bits per heavy atom. The van der Waals surface area contributed by atoms with Crippen molar-refractivity contribution < 1.29 is 0 Å². The number of aromatic nitrogens is 1. The maximum atomic E-state index is 4.58. The summed E-state index contributed by atoms with van der Waals surface area (Å²) in [7, 11) is 1.83. The SMILES string of the molecule is CN=C(NCc1ccnc(N2CCCCCC2)c1)NC1CC=CC1.I. The van der Waals surface area contributed by atoms with Crippen molar-refractivity contribution in [3.63, 3.8) is 0 Å². The van der Waals surface area contributed by atoms with E-state index < -0.39 is 0 Å². The molecular weight excluding hydrogens is 425 g/mol. The molecule has 0 bridgehead atoms. The molecule has 0 spiro atoms. The molecule has 3 rings (SSSR count). The van der Waals surface area contributed by atoms with Gasteiger partial charge in [-0.05, 0) is 43.4 Å². The summed E-state index contributed by atoms with van der Waals surface area (Å²) in [6, 6.07) is 4.77. The van der Waals surface area contributed by atoms with Crippen LogP contribution in [0.1, 0.15) is 44.1 Å². The van der Waals surface area contributed by atoms with E-state index in [4.69, 9.17) is 0 Å². The van der Waals surface area contributed by atoms with Crippen LogP contribution in [0.2, 0.25) is 0 Å². The molecule has 0 aromatic carbocycles. The number of halogens is 1. The van der Waals surface area contributed by atoms with Gasteiger partial charge < -0.3 is 15.5 Å². The number of guanidine groups is 1. The van der Waals surface area contributed by atoms with Crippen molar-refractivity contribution in [1.29, 1.82) is 0 Å². The zero-order chi connectivity index (χ0) is 16.6. The predicted octanol–water partition coefficient (Wildman–Crippen LogP) is 3.46. The first-order chi connectivity index (χ1) is 11.8. The van der Waals surface area contributed by atoms with Crippen molar-refractivity contribution in [2.45, 2.75) is 51.1 Å². The lowest BCUT2D eigenvalue weighted by molar-refractivity contribution is 0.633. The topological polar surface area (TPSA) is 52.6 Å². The van der Waals surface area contributed by atoms with Crippen LogP contribution in [0, 0.1) is 0 Å². The average Bonchev–Trinajstić information content (AvgIpc) is 2.98. The Bertz CT molecular complexity index is 571. The fraction of sp³-hybridized carbons (Fsp3) is 0.579. The van der Waals surface area contributed by atoms with Crippen molar-refractivity contribution >= 4 is 35.8 Å². The zero-order valence-electron chi connectivity index (χ0n) is 15.1. The minimum atomic E-state index is 0. The van der Waals surface area contributed by atoms with Gasteiger partial charge >= 0.3 is 0 Å². The van der Waals surface area contributed by atoms with Crippen LogP contribution in [0.25, 0.3) is 0 Å². The second kappa shape index (κ2) is 10.6. The number of aliphatic imine (C=N–C) groups is 1. The van der Waals surface area contributed by atoms with Gasteiger partial charge in [0.1, 0.15) is 5.82 Å². The molecule has 1 aromatic heterocycles. The lowest BCUT2D eigenvalue weighted by Gasteiger charge is -2.22. The first kappa shape index (κ1) is 20.0. The van der Waals surface area contributed by atoms with Crippen LogP contribution in [0.3, 0.4) is 0 Å². The maximum absolute atomic E-state index is 4.58. The van der Waals surface area contributed by atoms with E-state index in [9.17, 15) is 0 Å². The molecule has 6 heteroatoms. The molecule has 0 saturated carbocycles. The van der Waals surface area contributed by atoms with Gasteiger partial charge in [-0.2, -0.15) is 0 Å². The van der Waals surface area contributed by atoms with E-state index in [0.717, 1.165) is 44.3 Å². The molecule has 138 valence electrons. The second-order valence-corrected chi connectivity index (χ2v) is 6.63. The quantitative estimate of drug-likeness (QED) is 0.316. The van der Waals surface area contributed by atoms with Crippen LogP contribution in [0.4, 0.5) is 5.82 Å². The monoisotopic (exact) mass is 455 g/mol. The van der Waals surface area contributed by atoms with Gasteiger partial charge in [0.05, 0.1) is 0 Å². The number of nitrogens with one attached hydrogen (secondary N) is 2. The molecule has 1 fully saturated rings. The molecule has 0 atom stereocenters. The van der Waals surface area contributed by atoms with Crippen LogP contribution in [-0.4, -0.2) is 37.1 Å². The first-order valence-corrected chi connectivity index (χ1v) is 9.17. The largest absolute Gasteiger partial charge is 0.357 e. The van der Waals surface area contributed by atoms with Crippen LogP contribution in [-0.2, 0) is 6.54 Å². The van der Waals surface area contributed by atoms with Crippen molar-refractivity contribution in [3.05, 3.63) is 36.0 Å². The fourth-order valence-corrected chi connectivity index (χ4v) is 3.35.